The smallest absolute Gasteiger partial charge is 0.338 e. The van der Waals surface area contributed by atoms with Crippen molar-refractivity contribution in [2.75, 3.05) is 0 Å². The van der Waals surface area contributed by atoms with E-state index in [0.717, 1.165) is 16.3 Å². The summed E-state index contributed by atoms with van der Waals surface area (Å²) < 4.78 is 5.18. The second kappa shape index (κ2) is 4.88. The number of rotatable bonds is 3. The molecule has 0 N–H and O–H groups in total. The first-order valence-corrected chi connectivity index (χ1v) is 5.64. The first-order chi connectivity index (χ1) is 8.60. The monoisotopic (exact) mass is 238 g/mol. The highest BCUT2D eigenvalue weighted by Crippen LogP contribution is 2.23. The lowest BCUT2D eigenvalue weighted by molar-refractivity contribution is -0.130. The first-order valence-electron chi connectivity index (χ1n) is 5.64. The summed E-state index contributed by atoms with van der Waals surface area (Å²) in [7, 11) is 0. The van der Waals surface area contributed by atoms with Crippen LogP contribution in [0.15, 0.2) is 55.1 Å². The minimum Gasteiger partial charge on any atom is -0.423 e. The molecule has 0 amide bonds. The number of esters is 1. The molecule has 0 aliphatic heterocycles. The molecule has 18 heavy (non-hydrogen) atoms. The van der Waals surface area contributed by atoms with E-state index in [1.807, 2.05) is 30.3 Å². The van der Waals surface area contributed by atoms with Crippen LogP contribution in [0.1, 0.15) is 12.5 Å². The average Bonchev–Trinajstić information content (AvgIpc) is 2.37. The minimum atomic E-state index is -0.405. The van der Waals surface area contributed by atoms with Gasteiger partial charge < -0.3 is 4.74 Å². The maximum absolute atomic E-state index is 11.4. The van der Waals surface area contributed by atoms with Crippen molar-refractivity contribution in [3.8, 4) is 5.75 Å². The lowest BCUT2D eigenvalue weighted by Crippen LogP contribution is -2.07. The van der Waals surface area contributed by atoms with Crippen LogP contribution in [-0.2, 0) is 4.79 Å². The summed E-state index contributed by atoms with van der Waals surface area (Å²) in [5.74, 6) is 0.124. The second-order valence-electron chi connectivity index (χ2n) is 4.14. The molecule has 0 bridgehead atoms. The summed E-state index contributed by atoms with van der Waals surface area (Å²) in [5, 5.41) is 2.11. The Morgan fingerprint density at radius 1 is 1.17 bits per heavy atom. The highest BCUT2D eigenvalue weighted by Gasteiger charge is 2.05. The van der Waals surface area contributed by atoms with E-state index in [0.29, 0.717) is 11.3 Å². The quantitative estimate of drug-likeness (QED) is 0.459. The van der Waals surface area contributed by atoms with E-state index >= 15 is 0 Å². The zero-order valence-corrected chi connectivity index (χ0v) is 10.3. The van der Waals surface area contributed by atoms with Gasteiger partial charge in [0.05, 0.1) is 0 Å². The third-order valence-corrected chi connectivity index (χ3v) is 2.63. The van der Waals surface area contributed by atoms with E-state index in [9.17, 15) is 4.79 Å². The molecule has 0 aliphatic carbocycles. The molecule has 2 rings (SSSR count). The molecule has 0 unspecified atom stereocenters. The van der Waals surface area contributed by atoms with Gasteiger partial charge in [0.25, 0.3) is 0 Å². The van der Waals surface area contributed by atoms with Gasteiger partial charge in [-0.3, -0.25) is 0 Å². The van der Waals surface area contributed by atoms with Gasteiger partial charge in [-0.15, -0.1) is 0 Å². The molecule has 2 nitrogen and oxygen atoms in total. The number of hydrogen-bond acceptors (Lipinski definition) is 2. The molecule has 0 saturated carbocycles. The Morgan fingerprint density at radius 3 is 2.50 bits per heavy atom. The third kappa shape index (κ3) is 2.48. The molecule has 0 spiro atoms. The summed E-state index contributed by atoms with van der Waals surface area (Å²) in [6, 6.07) is 11.5. The number of carbonyl (C=O) groups is 1. The van der Waals surface area contributed by atoms with Crippen LogP contribution in [0.25, 0.3) is 16.8 Å². The Labute approximate surface area is 106 Å². The van der Waals surface area contributed by atoms with Crippen molar-refractivity contribution in [2.24, 2.45) is 0 Å². The second-order valence-corrected chi connectivity index (χ2v) is 4.14. The Kier molecular flexibility index (Phi) is 3.28. The highest BCUT2D eigenvalue weighted by atomic mass is 16.5. The molecule has 2 aromatic carbocycles. The van der Waals surface area contributed by atoms with E-state index in [1.54, 1.807) is 19.1 Å². The fourth-order valence-electron chi connectivity index (χ4n) is 1.63. The van der Waals surface area contributed by atoms with E-state index in [2.05, 4.69) is 13.2 Å². The van der Waals surface area contributed by atoms with Crippen molar-refractivity contribution in [2.45, 2.75) is 6.92 Å². The predicted octanol–water partition coefficient (Wildman–Crippen LogP) is 3.96. The average molecular weight is 238 g/mol. The number of hydrogen-bond donors (Lipinski definition) is 0. The summed E-state index contributed by atoms with van der Waals surface area (Å²) in [5.41, 5.74) is 1.45. The summed E-state index contributed by atoms with van der Waals surface area (Å²) in [6.07, 6.45) is 1.80. The molecule has 0 saturated heterocycles. The van der Waals surface area contributed by atoms with Gasteiger partial charge in [0.1, 0.15) is 5.75 Å². The molecule has 90 valence electrons. The van der Waals surface area contributed by atoms with Crippen LogP contribution >= 0.6 is 0 Å². The van der Waals surface area contributed by atoms with Gasteiger partial charge in [-0.05, 0) is 41.5 Å². The maximum Gasteiger partial charge on any atom is 0.338 e. The predicted molar refractivity (Wildman–Crippen MR) is 74.5 cm³/mol. The Balaban J connectivity index is 2.36. The van der Waals surface area contributed by atoms with E-state index in [4.69, 9.17) is 4.74 Å². The minimum absolute atomic E-state index is 0.386. The number of carbonyl (C=O) groups excluding carboxylic acids is 1. The van der Waals surface area contributed by atoms with Crippen LogP contribution in [0.3, 0.4) is 0 Å². The maximum atomic E-state index is 11.4. The Hall–Kier alpha value is -2.35. The fraction of sp³-hybridized carbons (Fsp3) is 0.0625. The summed E-state index contributed by atoms with van der Waals surface area (Å²) in [6.45, 7) is 8.91. The molecule has 0 fully saturated rings. The SMILES string of the molecule is C=Cc1ccc2cc(OC(=O)C(=C)C)ccc2c1. The molecule has 0 aliphatic rings. The molecule has 0 atom stereocenters. The molecule has 0 heterocycles. The first kappa shape index (κ1) is 12.1. The van der Waals surface area contributed by atoms with Crippen LogP contribution in [-0.4, -0.2) is 5.97 Å². The molecule has 0 aromatic heterocycles. The van der Waals surface area contributed by atoms with E-state index in [-0.39, 0.29) is 0 Å². The van der Waals surface area contributed by atoms with Crippen LogP contribution in [0.2, 0.25) is 0 Å². The lowest BCUT2D eigenvalue weighted by atomic mass is 10.1. The topological polar surface area (TPSA) is 26.3 Å². The molecular weight excluding hydrogens is 224 g/mol. The van der Waals surface area contributed by atoms with Gasteiger partial charge in [-0.25, -0.2) is 4.79 Å². The van der Waals surface area contributed by atoms with Crippen LogP contribution in [0.5, 0.6) is 5.75 Å². The van der Waals surface area contributed by atoms with E-state index < -0.39 is 5.97 Å². The molecule has 2 aromatic rings. The van der Waals surface area contributed by atoms with Crippen molar-refractivity contribution in [3.63, 3.8) is 0 Å². The standard InChI is InChI=1S/C16H14O2/c1-4-12-5-6-14-10-15(8-7-13(14)9-12)18-16(17)11(2)3/h4-10H,1-2H2,3H3. The van der Waals surface area contributed by atoms with Gasteiger partial charge in [-0.1, -0.05) is 37.4 Å². The van der Waals surface area contributed by atoms with Crippen molar-refractivity contribution in [1.82, 2.24) is 0 Å². The van der Waals surface area contributed by atoms with E-state index in [1.165, 1.54) is 0 Å². The molecular formula is C16H14O2. The highest BCUT2D eigenvalue weighted by molar-refractivity contribution is 5.90. The third-order valence-electron chi connectivity index (χ3n) is 2.63. The Morgan fingerprint density at radius 2 is 1.83 bits per heavy atom. The molecule has 2 heteroatoms. The number of benzene rings is 2. The van der Waals surface area contributed by atoms with Crippen LogP contribution < -0.4 is 4.74 Å². The van der Waals surface area contributed by atoms with Crippen molar-refractivity contribution >= 4 is 22.8 Å². The van der Waals surface area contributed by atoms with Gasteiger partial charge in [0, 0.05) is 5.57 Å². The van der Waals surface area contributed by atoms with Gasteiger partial charge in [0.15, 0.2) is 0 Å². The van der Waals surface area contributed by atoms with Crippen molar-refractivity contribution in [3.05, 3.63) is 60.7 Å². The van der Waals surface area contributed by atoms with Crippen LogP contribution in [0, 0.1) is 0 Å². The van der Waals surface area contributed by atoms with Crippen LogP contribution in [0.4, 0.5) is 0 Å². The zero-order valence-electron chi connectivity index (χ0n) is 10.3. The van der Waals surface area contributed by atoms with Gasteiger partial charge >= 0.3 is 5.97 Å². The lowest BCUT2D eigenvalue weighted by Gasteiger charge is -2.05. The fourth-order valence-corrected chi connectivity index (χ4v) is 1.63. The largest absolute Gasteiger partial charge is 0.423 e. The van der Waals surface area contributed by atoms with Crippen molar-refractivity contribution in [1.29, 1.82) is 0 Å². The van der Waals surface area contributed by atoms with Gasteiger partial charge in [-0.2, -0.15) is 0 Å². The van der Waals surface area contributed by atoms with Gasteiger partial charge in [0.2, 0.25) is 0 Å². The summed E-state index contributed by atoms with van der Waals surface area (Å²) >= 11 is 0. The number of ether oxygens (including phenoxy) is 1. The zero-order chi connectivity index (χ0) is 13.1. The number of fused-ring (bicyclic) bond motifs is 1. The Bertz CT molecular complexity index is 639. The normalized spacial score (nSPS) is 10.1. The van der Waals surface area contributed by atoms with Crippen molar-refractivity contribution < 1.29 is 9.53 Å². The summed E-state index contributed by atoms with van der Waals surface area (Å²) in [4.78, 5) is 11.4. The molecule has 0 radical (unpaired) electrons.